The van der Waals surface area contributed by atoms with Crippen LogP contribution >= 0.6 is 23.2 Å². The predicted molar refractivity (Wildman–Crippen MR) is 192 cm³/mol. The Morgan fingerprint density at radius 1 is 1.02 bits per heavy atom. The molecular weight excluding hydrogens is 661 g/mol. The third-order valence-electron chi connectivity index (χ3n) is 10.3. The Balaban J connectivity index is 1.11. The van der Waals surface area contributed by atoms with Crippen LogP contribution in [-0.2, 0) is 18.3 Å². The van der Waals surface area contributed by atoms with Crippen molar-refractivity contribution >= 4 is 51.4 Å². The topological polar surface area (TPSA) is 114 Å². The summed E-state index contributed by atoms with van der Waals surface area (Å²) in [7, 11) is 3.27. The van der Waals surface area contributed by atoms with Gasteiger partial charge in [-0.1, -0.05) is 53.5 Å². The second-order valence-corrected chi connectivity index (χ2v) is 14.0. The number of ether oxygens (including phenoxy) is 1. The minimum absolute atomic E-state index is 0.124. The van der Waals surface area contributed by atoms with Crippen LogP contribution in [0.25, 0.3) is 33.2 Å². The molecule has 3 aliphatic rings. The van der Waals surface area contributed by atoms with Gasteiger partial charge in [0.2, 0.25) is 11.8 Å². The Kier molecular flexibility index (Phi) is 8.05. The molecule has 49 heavy (non-hydrogen) atoms. The number of likely N-dealkylation sites (tertiary alicyclic amines) is 1. The summed E-state index contributed by atoms with van der Waals surface area (Å²) in [5, 5.41) is 12.7. The van der Waals surface area contributed by atoms with Gasteiger partial charge in [0.15, 0.2) is 0 Å². The van der Waals surface area contributed by atoms with E-state index in [1.165, 1.54) is 10.2 Å². The van der Waals surface area contributed by atoms with E-state index in [9.17, 15) is 9.59 Å². The first-order valence-electron chi connectivity index (χ1n) is 16.5. The number of benzene rings is 2. The maximum absolute atomic E-state index is 12.9. The van der Waals surface area contributed by atoms with Crippen LogP contribution in [-0.4, -0.2) is 56.3 Å². The fraction of sp³-hybridized carbons (Fsp3) is 0.324. The number of amides is 1. The molecule has 250 valence electrons. The molecule has 12 heteroatoms. The number of anilines is 2. The molecule has 2 aromatic carbocycles. The largest absolute Gasteiger partial charge is 0.481 e. The summed E-state index contributed by atoms with van der Waals surface area (Å²) >= 11 is 14.2. The molecule has 5 aromatic rings. The highest BCUT2D eigenvalue weighted by Gasteiger charge is 2.45. The van der Waals surface area contributed by atoms with Crippen LogP contribution < -0.4 is 20.9 Å². The highest BCUT2D eigenvalue weighted by molar-refractivity contribution is 6.39. The van der Waals surface area contributed by atoms with Crippen LogP contribution in [0.5, 0.6) is 5.88 Å². The van der Waals surface area contributed by atoms with E-state index in [2.05, 4.69) is 31.7 Å². The minimum atomic E-state index is -0.262. The molecule has 0 unspecified atom stereocenters. The van der Waals surface area contributed by atoms with Crippen molar-refractivity contribution in [1.29, 1.82) is 0 Å². The Labute approximate surface area is 293 Å². The molecule has 0 bridgehead atoms. The number of nitrogens with zero attached hydrogens (tertiary/aromatic N) is 5. The molecule has 2 atom stereocenters. The Bertz CT molecular complexity index is 2210. The van der Waals surface area contributed by atoms with Gasteiger partial charge < -0.3 is 15.4 Å². The van der Waals surface area contributed by atoms with Crippen molar-refractivity contribution in [2.75, 3.05) is 25.5 Å². The summed E-state index contributed by atoms with van der Waals surface area (Å²) in [6, 6.07) is 15.6. The molecule has 8 rings (SSSR count). The second-order valence-electron chi connectivity index (χ2n) is 13.2. The summed E-state index contributed by atoms with van der Waals surface area (Å²) in [5.74, 6) is 1.16. The van der Waals surface area contributed by atoms with E-state index in [-0.39, 0.29) is 23.0 Å². The first-order chi connectivity index (χ1) is 23.7. The Morgan fingerprint density at radius 2 is 1.82 bits per heavy atom. The van der Waals surface area contributed by atoms with E-state index in [0.717, 1.165) is 73.1 Å². The molecule has 3 aromatic heterocycles. The van der Waals surface area contributed by atoms with Crippen molar-refractivity contribution in [2.45, 2.75) is 50.1 Å². The number of aromatic nitrogens is 4. The minimum Gasteiger partial charge on any atom is -0.481 e. The number of halogens is 2. The quantitative estimate of drug-likeness (QED) is 0.198. The number of aryl methyl sites for hydroxylation is 2. The number of pyridine rings is 2. The van der Waals surface area contributed by atoms with E-state index in [1.807, 2.05) is 36.4 Å². The Morgan fingerprint density at radius 3 is 2.63 bits per heavy atom. The zero-order valence-electron chi connectivity index (χ0n) is 27.2. The lowest BCUT2D eigenvalue weighted by Crippen LogP contribution is -2.53. The van der Waals surface area contributed by atoms with Gasteiger partial charge in [0.05, 0.1) is 45.7 Å². The first-order valence-corrected chi connectivity index (χ1v) is 17.3. The normalized spacial score (nSPS) is 20.5. The fourth-order valence-corrected chi connectivity index (χ4v) is 8.49. The molecule has 2 saturated heterocycles. The van der Waals surface area contributed by atoms with Crippen molar-refractivity contribution in [2.24, 2.45) is 7.05 Å². The number of carbonyl (C=O) groups is 1. The molecule has 2 fully saturated rings. The van der Waals surface area contributed by atoms with Gasteiger partial charge >= 0.3 is 0 Å². The van der Waals surface area contributed by atoms with Gasteiger partial charge in [-0.25, -0.2) is 14.6 Å². The van der Waals surface area contributed by atoms with Crippen LogP contribution in [0.1, 0.15) is 49.3 Å². The van der Waals surface area contributed by atoms with Gasteiger partial charge in [-0.15, -0.1) is 0 Å². The zero-order valence-corrected chi connectivity index (χ0v) is 28.7. The van der Waals surface area contributed by atoms with Crippen LogP contribution in [0.2, 0.25) is 10.0 Å². The summed E-state index contributed by atoms with van der Waals surface area (Å²) < 4.78 is 7.22. The van der Waals surface area contributed by atoms with Crippen LogP contribution in [0.15, 0.2) is 65.7 Å². The highest BCUT2D eigenvalue weighted by Crippen LogP contribution is 2.47. The molecular formula is C37H35Cl2N7O3. The fourth-order valence-electron chi connectivity index (χ4n) is 7.89. The molecule has 1 spiro atoms. The first kappa shape index (κ1) is 31.7. The number of methoxy groups -OCH3 is 1. The van der Waals surface area contributed by atoms with Crippen molar-refractivity contribution in [3.63, 3.8) is 0 Å². The number of piperidine rings is 1. The summed E-state index contributed by atoms with van der Waals surface area (Å²) in [4.78, 5) is 37.1. The van der Waals surface area contributed by atoms with E-state index >= 15 is 0 Å². The Hall–Kier alpha value is -4.51. The number of nitrogens with one attached hydrogen (secondary N) is 2. The van der Waals surface area contributed by atoms with Gasteiger partial charge in [0.25, 0.3) is 5.56 Å². The van der Waals surface area contributed by atoms with Gasteiger partial charge in [-0.05, 0) is 55.9 Å². The van der Waals surface area contributed by atoms with Crippen LogP contribution in [0.3, 0.4) is 0 Å². The number of hydrogen-bond donors (Lipinski definition) is 2. The summed E-state index contributed by atoms with van der Waals surface area (Å²) in [6.07, 6.45) is 8.69. The maximum Gasteiger partial charge on any atom is 0.278 e. The SMILES string of the molecule is COc1nc(-c2cccc(-c3cccc(Nc4nccc5cnn(C)c(=O)c45)c3Cl)c2Cl)cc2c1[C@@H](N1CC[C@]3(CCCC(=O)N3)C1)CC2. The molecule has 0 radical (unpaired) electrons. The van der Waals surface area contributed by atoms with Crippen LogP contribution in [0.4, 0.5) is 11.5 Å². The third-order valence-corrected chi connectivity index (χ3v) is 11.1. The summed E-state index contributed by atoms with van der Waals surface area (Å²) in [5.41, 5.74) is 5.50. The number of hydrogen-bond acceptors (Lipinski definition) is 8. The second kappa shape index (κ2) is 12.4. The highest BCUT2D eigenvalue weighted by atomic mass is 35.5. The smallest absolute Gasteiger partial charge is 0.278 e. The molecule has 2 N–H and O–H groups in total. The maximum atomic E-state index is 12.9. The van der Waals surface area contributed by atoms with Gasteiger partial charge in [-0.3, -0.25) is 14.5 Å². The lowest BCUT2D eigenvalue weighted by molar-refractivity contribution is -0.125. The molecule has 10 nitrogen and oxygen atoms in total. The number of rotatable bonds is 6. The molecule has 1 aliphatic carbocycles. The predicted octanol–water partition coefficient (Wildman–Crippen LogP) is 6.85. The lowest BCUT2D eigenvalue weighted by Gasteiger charge is -2.35. The standard InChI is InChI=1S/C37H35Cl2N7O3/c1-45-36(48)31-22(19-41-45)13-16-40-34(31)42-26-9-4-7-24(33(26)39)23-6-3-8-25(32(23)38)27-18-21-11-12-28(30(21)35(43-27)49-2)46-17-15-37(20-46)14-5-10-29(47)44-37/h3-4,6-9,13,16,18-19,28H,5,10-12,14-15,17,20H2,1-2H3,(H,40,42)(H,44,47)/t28-,37+/m0/s1. The summed E-state index contributed by atoms with van der Waals surface area (Å²) in [6.45, 7) is 1.78. The van der Waals surface area contributed by atoms with Gasteiger partial charge in [-0.2, -0.15) is 5.10 Å². The van der Waals surface area contributed by atoms with Crippen LogP contribution in [0, 0.1) is 0 Å². The molecule has 5 heterocycles. The molecule has 2 aliphatic heterocycles. The van der Waals surface area contributed by atoms with E-state index in [0.29, 0.717) is 44.6 Å². The average Bonchev–Trinajstić information content (AvgIpc) is 3.71. The molecule has 1 amide bonds. The van der Waals surface area contributed by atoms with E-state index in [4.69, 9.17) is 32.9 Å². The van der Waals surface area contributed by atoms with Crippen molar-refractivity contribution in [3.8, 4) is 28.3 Å². The lowest BCUT2D eigenvalue weighted by atomic mass is 9.88. The monoisotopic (exact) mass is 695 g/mol. The van der Waals surface area contributed by atoms with Gasteiger partial charge in [0.1, 0.15) is 5.82 Å². The van der Waals surface area contributed by atoms with Crippen molar-refractivity contribution < 1.29 is 9.53 Å². The zero-order chi connectivity index (χ0) is 33.9. The average molecular weight is 697 g/mol. The van der Waals surface area contributed by atoms with E-state index < -0.39 is 0 Å². The molecule has 0 saturated carbocycles. The van der Waals surface area contributed by atoms with E-state index in [1.54, 1.807) is 32.6 Å². The van der Waals surface area contributed by atoms with Crippen molar-refractivity contribution in [3.05, 3.63) is 92.5 Å². The van der Waals surface area contributed by atoms with Crippen molar-refractivity contribution in [1.82, 2.24) is 30.0 Å². The van der Waals surface area contributed by atoms with Gasteiger partial charge in [0, 0.05) is 66.4 Å². The number of carbonyl (C=O) groups excluding carboxylic acids is 1. The number of fused-ring (bicyclic) bond motifs is 2. The third kappa shape index (κ3) is 5.52.